The van der Waals surface area contributed by atoms with E-state index in [0.717, 1.165) is 43.5 Å². The topological polar surface area (TPSA) is 71.0 Å². The van der Waals surface area contributed by atoms with E-state index >= 15 is 0 Å². The molecule has 1 aromatic rings. The first-order valence-electron chi connectivity index (χ1n) is 11.8. The maximum absolute atomic E-state index is 12.6. The van der Waals surface area contributed by atoms with Crippen molar-refractivity contribution in [3.05, 3.63) is 29.3 Å². The summed E-state index contributed by atoms with van der Waals surface area (Å²) in [4.78, 5) is 25.3. The molecule has 6 heteroatoms. The zero-order valence-corrected chi connectivity index (χ0v) is 18.4. The third-order valence-electron chi connectivity index (χ3n) is 6.17. The summed E-state index contributed by atoms with van der Waals surface area (Å²) >= 11 is 0. The first-order chi connectivity index (χ1) is 14.7. The molecule has 0 aliphatic carbocycles. The average molecular weight is 419 g/mol. The summed E-state index contributed by atoms with van der Waals surface area (Å²) < 4.78 is 0. The van der Waals surface area contributed by atoms with E-state index in [2.05, 4.69) is 17.1 Å². The summed E-state index contributed by atoms with van der Waals surface area (Å²) in [6, 6.07) is 5.44. The van der Waals surface area contributed by atoms with Crippen LogP contribution >= 0.6 is 0 Å². The van der Waals surface area contributed by atoms with Gasteiger partial charge in [0, 0.05) is 24.9 Å². The second kappa shape index (κ2) is 12.3. The molecular weight excluding hydrogens is 380 g/mol. The number of benzene rings is 1. The van der Waals surface area contributed by atoms with Gasteiger partial charge in [-0.1, -0.05) is 51.2 Å². The number of rotatable bonds is 12. The van der Waals surface area contributed by atoms with Crippen molar-refractivity contribution >= 4 is 5.91 Å². The van der Waals surface area contributed by atoms with Crippen LogP contribution in [-0.4, -0.2) is 48.2 Å². The number of carbonyl (C=O) groups is 1. The fourth-order valence-corrected chi connectivity index (χ4v) is 4.34. The van der Waals surface area contributed by atoms with Gasteiger partial charge in [0.25, 0.3) is 0 Å². The van der Waals surface area contributed by atoms with Crippen LogP contribution in [0.15, 0.2) is 18.2 Å². The summed E-state index contributed by atoms with van der Waals surface area (Å²) in [5.41, 5.74) is 1.84. The second-order valence-corrected chi connectivity index (χ2v) is 8.67. The van der Waals surface area contributed by atoms with Gasteiger partial charge in [-0.25, -0.2) is 0 Å². The molecule has 168 valence electrons. The highest BCUT2D eigenvalue weighted by atomic mass is 17.2. The van der Waals surface area contributed by atoms with Crippen molar-refractivity contribution in [1.29, 1.82) is 0 Å². The fraction of sp³-hybridized carbons (Fsp3) is 0.708. The number of nitrogens with zero attached hydrogens (tertiary/aromatic N) is 1. The van der Waals surface area contributed by atoms with Crippen molar-refractivity contribution in [2.24, 2.45) is 0 Å². The van der Waals surface area contributed by atoms with Gasteiger partial charge in [-0.15, -0.1) is 0 Å². The molecule has 2 heterocycles. The fourth-order valence-electron chi connectivity index (χ4n) is 4.34. The van der Waals surface area contributed by atoms with Gasteiger partial charge in [0.1, 0.15) is 6.10 Å². The van der Waals surface area contributed by atoms with Crippen LogP contribution < -0.4 is 10.2 Å². The van der Waals surface area contributed by atoms with E-state index < -0.39 is 6.10 Å². The van der Waals surface area contributed by atoms with Crippen molar-refractivity contribution in [3.8, 4) is 5.75 Å². The van der Waals surface area contributed by atoms with Crippen molar-refractivity contribution in [3.63, 3.8) is 0 Å². The Morgan fingerprint density at radius 3 is 2.73 bits per heavy atom. The summed E-state index contributed by atoms with van der Waals surface area (Å²) in [5.74, 6) is 0.697. The normalized spacial score (nSPS) is 18.5. The Kier molecular flexibility index (Phi) is 9.43. The SMILES string of the molecule is CCCCCCCCC(=O)N[C@H](CN1CCCC1)[C@H](O)c1ccc2c(c1)OOCC2. The molecule has 2 atom stereocenters. The Labute approximate surface area is 180 Å². The molecule has 30 heavy (non-hydrogen) atoms. The molecule has 3 rings (SSSR count). The second-order valence-electron chi connectivity index (χ2n) is 8.67. The maximum atomic E-state index is 12.6. The van der Waals surface area contributed by atoms with Crippen molar-refractivity contribution < 1.29 is 19.7 Å². The minimum absolute atomic E-state index is 0.0336. The number of aliphatic hydroxyl groups is 1. The number of unbranched alkanes of at least 4 members (excludes halogenated alkanes) is 5. The number of fused-ring (bicyclic) bond motifs is 1. The molecule has 0 radical (unpaired) electrons. The van der Waals surface area contributed by atoms with Gasteiger partial charge in [-0.2, -0.15) is 4.89 Å². The zero-order valence-electron chi connectivity index (χ0n) is 18.4. The lowest BCUT2D eigenvalue weighted by atomic mass is 9.98. The summed E-state index contributed by atoms with van der Waals surface area (Å²) in [6.07, 6.45) is 9.85. The molecule has 1 amide bonds. The van der Waals surface area contributed by atoms with Crippen molar-refractivity contribution in [2.45, 2.75) is 83.3 Å². The van der Waals surface area contributed by atoms with Crippen molar-refractivity contribution in [1.82, 2.24) is 10.2 Å². The predicted octanol–water partition coefficient (Wildman–Crippen LogP) is 3.92. The number of hydrogen-bond donors (Lipinski definition) is 2. The standard InChI is InChI=1S/C24H38N2O4/c1-2-3-4-5-6-7-10-23(27)25-21(18-26-14-8-9-15-26)24(28)20-12-11-19-13-16-29-30-22(19)17-20/h11-12,17,21,24,28H,2-10,13-16,18H2,1H3,(H,25,27)/t21-,24-/m1/s1. The lowest BCUT2D eigenvalue weighted by Gasteiger charge is -2.29. The zero-order chi connectivity index (χ0) is 21.2. The van der Waals surface area contributed by atoms with E-state index in [1.165, 1.54) is 38.5 Å². The minimum Gasteiger partial charge on any atom is -0.386 e. The first kappa shape index (κ1) is 23.0. The largest absolute Gasteiger partial charge is 0.386 e. The van der Waals surface area contributed by atoms with E-state index in [1.807, 2.05) is 18.2 Å². The molecule has 0 spiro atoms. The molecule has 2 aliphatic heterocycles. The van der Waals surface area contributed by atoms with Gasteiger partial charge < -0.3 is 20.2 Å². The molecular formula is C24H38N2O4. The number of amides is 1. The summed E-state index contributed by atoms with van der Waals surface area (Å²) in [7, 11) is 0. The number of likely N-dealkylation sites (tertiary alicyclic amines) is 1. The Morgan fingerprint density at radius 2 is 1.93 bits per heavy atom. The first-order valence-corrected chi connectivity index (χ1v) is 11.8. The van der Waals surface area contributed by atoms with Crippen LogP contribution in [0.2, 0.25) is 0 Å². The van der Waals surface area contributed by atoms with Gasteiger partial charge in [0.15, 0.2) is 5.75 Å². The molecule has 1 fully saturated rings. The van der Waals surface area contributed by atoms with Crippen LogP contribution in [0, 0.1) is 0 Å². The maximum Gasteiger partial charge on any atom is 0.220 e. The molecule has 0 unspecified atom stereocenters. The van der Waals surface area contributed by atoms with Gasteiger partial charge >= 0.3 is 0 Å². The van der Waals surface area contributed by atoms with E-state index in [-0.39, 0.29) is 11.9 Å². The Hall–Kier alpha value is -1.63. The van der Waals surface area contributed by atoms with Crippen LogP contribution in [0.25, 0.3) is 0 Å². The van der Waals surface area contributed by atoms with E-state index in [1.54, 1.807) is 0 Å². The van der Waals surface area contributed by atoms with Gasteiger partial charge in [0.05, 0.1) is 12.6 Å². The Morgan fingerprint density at radius 1 is 1.17 bits per heavy atom. The minimum atomic E-state index is -0.782. The number of hydrogen-bond acceptors (Lipinski definition) is 5. The van der Waals surface area contributed by atoms with Crippen LogP contribution in [0.1, 0.15) is 81.9 Å². The molecule has 0 saturated carbocycles. The molecule has 2 aliphatic rings. The molecule has 1 saturated heterocycles. The predicted molar refractivity (Wildman–Crippen MR) is 117 cm³/mol. The highest BCUT2D eigenvalue weighted by Crippen LogP contribution is 2.29. The van der Waals surface area contributed by atoms with Gasteiger partial charge in [0.2, 0.25) is 5.91 Å². The lowest BCUT2D eigenvalue weighted by Crippen LogP contribution is -2.46. The number of nitrogens with one attached hydrogen (secondary N) is 1. The van der Waals surface area contributed by atoms with Crippen molar-refractivity contribution in [2.75, 3.05) is 26.2 Å². The van der Waals surface area contributed by atoms with Crippen LogP contribution in [-0.2, 0) is 16.1 Å². The third-order valence-corrected chi connectivity index (χ3v) is 6.17. The number of aliphatic hydroxyl groups excluding tert-OH is 1. The lowest BCUT2D eigenvalue weighted by molar-refractivity contribution is -0.215. The van der Waals surface area contributed by atoms with Crippen LogP contribution in [0.3, 0.4) is 0 Å². The van der Waals surface area contributed by atoms with Crippen LogP contribution in [0.4, 0.5) is 0 Å². The quantitative estimate of drug-likeness (QED) is 0.398. The van der Waals surface area contributed by atoms with E-state index in [4.69, 9.17) is 9.78 Å². The Balaban J connectivity index is 1.57. The summed E-state index contributed by atoms with van der Waals surface area (Å²) in [5, 5.41) is 14.2. The smallest absolute Gasteiger partial charge is 0.220 e. The van der Waals surface area contributed by atoms with E-state index in [0.29, 0.717) is 25.3 Å². The molecule has 6 nitrogen and oxygen atoms in total. The summed E-state index contributed by atoms with van der Waals surface area (Å²) in [6.45, 7) is 5.47. The molecule has 1 aromatic carbocycles. The Bertz CT molecular complexity index is 661. The molecule has 2 N–H and O–H groups in total. The monoisotopic (exact) mass is 418 g/mol. The molecule has 0 bridgehead atoms. The number of carbonyl (C=O) groups excluding carboxylic acids is 1. The van der Waals surface area contributed by atoms with Crippen LogP contribution in [0.5, 0.6) is 5.75 Å². The third kappa shape index (κ3) is 6.96. The highest BCUT2D eigenvalue weighted by Gasteiger charge is 2.27. The molecule has 0 aromatic heterocycles. The average Bonchev–Trinajstić information content (AvgIpc) is 3.28. The van der Waals surface area contributed by atoms with Gasteiger partial charge in [-0.05, 0) is 44.0 Å². The van der Waals surface area contributed by atoms with Gasteiger partial charge in [-0.3, -0.25) is 4.79 Å². The highest BCUT2D eigenvalue weighted by molar-refractivity contribution is 5.76. The van der Waals surface area contributed by atoms with E-state index in [9.17, 15) is 9.90 Å².